The lowest BCUT2D eigenvalue weighted by atomic mass is 9.76. The Labute approximate surface area is 74.2 Å². The number of hydrogen-bond acceptors (Lipinski definition) is 3. The Kier molecular flexibility index (Phi) is 3.50. The fourth-order valence-electron chi connectivity index (χ4n) is 1.81. The highest BCUT2D eigenvalue weighted by Crippen LogP contribution is 2.38. The molecule has 0 saturated heterocycles. The van der Waals surface area contributed by atoms with Gasteiger partial charge in [0.2, 0.25) is 0 Å². The monoisotopic (exact) mass is 173 g/mol. The first kappa shape index (κ1) is 9.96. The Morgan fingerprint density at radius 2 is 2.08 bits per heavy atom. The Bertz CT molecular complexity index is 129. The quantitative estimate of drug-likeness (QED) is 0.672. The lowest BCUT2D eigenvalue weighted by Crippen LogP contribution is -2.45. The van der Waals surface area contributed by atoms with Gasteiger partial charge in [-0.25, -0.2) is 0 Å². The zero-order chi connectivity index (χ0) is 9.03. The lowest BCUT2D eigenvalue weighted by Gasteiger charge is -2.42. The van der Waals surface area contributed by atoms with Crippen molar-refractivity contribution in [1.29, 1.82) is 0 Å². The average Bonchev–Trinajstić information content (AvgIpc) is 1.97. The van der Waals surface area contributed by atoms with Gasteiger partial charge in [0, 0.05) is 20.3 Å². The van der Waals surface area contributed by atoms with Gasteiger partial charge in [-0.3, -0.25) is 0 Å². The summed E-state index contributed by atoms with van der Waals surface area (Å²) in [5, 5.41) is 0. The highest BCUT2D eigenvalue weighted by Gasteiger charge is 2.38. The molecule has 1 fully saturated rings. The van der Waals surface area contributed by atoms with E-state index in [1.54, 1.807) is 14.2 Å². The van der Waals surface area contributed by atoms with Crippen LogP contribution in [0.15, 0.2) is 0 Å². The summed E-state index contributed by atoms with van der Waals surface area (Å²) >= 11 is 0. The van der Waals surface area contributed by atoms with E-state index >= 15 is 0 Å². The molecule has 0 bridgehead atoms. The molecule has 0 amide bonds. The molecule has 2 N–H and O–H groups in total. The first-order valence-corrected chi connectivity index (χ1v) is 4.52. The molecule has 0 radical (unpaired) electrons. The topological polar surface area (TPSA) is 44.5 Å². The van der Waals surface area contributed by atoms with Crippen LogP contribution in [0.2, 0.25) is 0 Å². The van der Waals surface area contributed by atoms with Crippen molar-refractivity contribution in [1.82, 2.24) is 0 Å². The normalized spacial score (nSPS) is 23.2. The second kappa shape index (κ2) is 4.21. The summed E-state index contributed by atoms with van der Waals surface area (Å²) in [5.41, 5.74) is 5.93. The van der Waals surface area contributed by atoms with Crippen LogP contribution in [-0.2, 0) is 9.47 Å². The molecule has 3 nitrogen and oxygen atoms in total. The van der Waals surface area contributed by atoms with Gasteiger partial charge < -0.3 is 15.2 Å². The molecule has 1 aliphatic carbocycles. The van der Waals surface area contributed by atoms with Crippen LogP contribution < -0.4 is 5.73 Å². The largest absolute Gasteiger partial charge is 0.383 e. The van der Waals surface area contributed by atoms with E-state index in [0.717, 1.165) is 19.3 Å². The van der Waals surface area contributed by atoms with E-state index in [4.69, 9.17) is 15.2 Å². The third-order valence-electron chi connectivity index (χ3n) is 2.71. The molecular formula is C9H19NO2. The van der Waals surface area contributed by atoms with Gasteiger partial charge in [-0.15, -0.1) is 0 Å². The van der Waals surface area contributed by atoms with E-state index in [2.05, 4.69) is 0 Å². The van der Waals surface area contributed by atoms with Gasteiger partial charge >= 0.3 is 0 Å². The third kappa shape index (κ3) is 2.19. The van der Waals surface area contributed by atoms with Crippen LogP contribution in [0.25, 0.3) is 0 Å². The first-order chi connectivity index (χ1) is 5.72. The average molecular weight is 173 g/mol. The predicted octanol–water partition coefficient (Wildman–Crippen LogP) is 0.919. The van der Waals surface area contributed by atoms with Gasteiger partial charge in [0.05, 0.1) is 12.2 Å². The molecule has 1 unspecified atom stereocenters. The van der Waals surface area contributed by atoms with E-state index in [0.29, 0.717) is 6.61 Å². The molecule has 0 aliphatic heterocycles. The van der Waals surface area contributed by atoms with Crippen LogP contribution in [0.3, 0.4) is 0 Å². The van der Waals surface area contributed by atoms with Crippen molar-refractivity contribution in [2.24, 2.45) is 5.73 Å². The zero-order valence-corrected chi connectivity index (χ0v) is 8.01. The van der Waals surface area contributed by atoms with E-state index in [9.17, 15) is 0 Å². The minimum absolute atomic E-state index is 0.0813. The van der Waals surface area contributed by atoms with Gasteiger partial charge in [-0.05, 0) is 25.7 Å². The molecule has 3 heteroatoms. The summed E-state index contributed by atoms with van der Waals surface area (Å²) in [6, 6.07) is 0.121. The lowest BCUT2D eigenvalue weighted by molar-refractivity contribution is -0.0845. The summed E-state index contributed by atoms with van der Waals surface area (Å²) in [4.78, 5) is 0. The molecule has 0 aromatic rings. The smallest absolute Gasteiger partial charge is 0.0694 e. The highest BCUT2D eigenvalue weighted by molar-refractivity contribution is 4.92. The molecule has 0 aromatic heterocycles. The maximum atomic E-state index is 5.85. The van der Waals surface area contributed by atoms with Crippen LogP contribution in [-0.4, -0.2) is 32.5 Å². The molecule has 1 atom stereocenters. The van der Waals surface area contributed by atoms with Crippen molar-refractivity contribution in [2.45, 2.75) is 37.3 Å². The fraction of sp³-hybridized carbons (Fsp3) is 1.00. The molecule has 72 valence electrons. The Balaban J connectivity index is 2.27. The van der Waals surface area contributed by atoms with Crippen molar-refractivity contribution in [3.8, 4) is 0 Å². The SMILES string of the molecule is COCC(N)CC1(OC)CCC1. The van der Waals surface area contributed by atoms with Crippen molar-refractivity contribution in [3.63, 3.8) is 0 Å². The first-order valence-electron chi connectivity index (χ1n) is 4.52. The van der Waals surface area contributed by atoms with Gasteiger partial charge in [0.25, 0.3) is 0 Å². The summed E-state index contributed by atoms with van der Waals surface area (Å²) in [6.45, 7) is 0.630. The zero-order valence-electron chi connectivity index (χ0n) is 8.01. The van der Waals surface area contributed by atoms with Crippen molar-refractivity contribution < 1.29 is 9.47 Å². The molecule has 1 rings (SSSR count). The van der Waals surface area contributed by atoms with Crippen LogP contribution in [0.1, 0.15) is 25.7 Å². The fourth-order valence-corrected chi connectivity index (χ4v) is 1.81. The van der Waals surface area contributed by atoms with Crippen molar-refractivity contribution >= 4 is 0 Å². The Morgan fingerprint density at radius 3 is 2.42 bits per heavy atom. The predicted molar refractivity (Wildman–Crippen MR) is 48.1 cm³/mol. The molecule has 0 aromatic carbocycles. The minimum Gasteiger partial charge on any atom is -0.383 e. The van der Waals surface area contributed by atoms with Gasteiger partial charge in [0.15, 0.2) is 0 Å². The molecule has 0 spiro atoms. The molecule has 1 aliphatic rings. The van der Waals surface area contributed by atoms with E-state index in [-0.39, 0.29) is 11.6 Å². The molecular weight excluding hydrogens is 154 g/mol. The van der Waals surface area contributed by atoms with Crippen LogP contribution in [0, 0.1) is 0 Å². The second-order valence-electron chi connectivity index (χ2n) is 3.66. The van der Waals surface area contributed by atoms with Crippen LogP contribution >= 0.6 is 0 Å². The maximum absolute atomic E-state index is 5.85. The minimum atomic E-state index is 0.0813. The number of hydrogen-bond donors (Lipinski definition) is 1. The second-order valence-corrected chi connectivity index (χ2v) is 3.66. The van der Waals surface area contributed by atoms with E-state index in [1.807, 2.05) is 0 Å². The third-order valence-corrected chi connectivity index (χ3v) is 2.71. The van der Waals surface area contributed by atoms with Crippen LogP contribution in [0.5, 0.6) is 0 Å². The summed E-state index contributed by atoms with van der Waals surface area (Å²) in [5.74, 6) is 0. The summed E-state index contributed by atoms with van der Waals surface area (Å²) in [6.07, 6.45) is 4.51. The maximum Gasteiger partial charge on any atom is 0.0694 e. The number of nitrogens with two attached hydrogens (primary N) is 1. The van der Waals surface area contributed by atoms with E-state index < -0.39 is 0 Å². The van der Waals surface area contributed by atoms with Gasteiger partial charge in [-0.2, -0.15) is 0 Å². The number of methoxy groups -OCH3 is 2. The molecule has 0 heterocycles. The van der Waals surface area contributed by atoms with E-state index in [1.165, 1.54) is 6.42 Å². The van der Waals surface area contributed by atoms with Gasteiger partial charge in [0.1, 0.15) is 0 Å². The standard InChI is InChI=1S/C9H19NO2/c1-11-7-8(10)6-9(12-2)4-3-5-9/h8H,3-7,10H2,1-2H3. The Hall–Kier alpha value is -0.120. The van der Waals surface area contributed by atoms with Crippen molar-refractivity contribution in [2.75, 3.05) is 20.8 Å². The molecule has 1 saturated carbocycles. The summed E-state index contributed by atoms with van der Waals surface area (Å²) < 4.78 is 10.4. The van der Waals surface area contributed by atoms with Crippen molar-refractivity contribution in [3.05, 3.63) is 0 Å². The number of rotatable bonds is 5. The highest BCUT2D eigenvalue weighted by atomic mass is 16.5. The van der Waals surface area contributed by atoms with Gasteiger partial charge in [-0.1, -0.05) is 0 Å². The Morgan fingerprint density at radius 1 is 1.42 bits per heavy atom. The summed E-state index contributed by atoms with van der Waals surface area (Å²) in [7, 11) is 3.46. The number of ether oxygens (including phenoxy) is 2. The molecule has 12 heavy (non-hydrogen) atoms. The van der Waals surface area contributed by atoms with Crippen LogP contribution in [0.4, 0.5) is 0 Å².